The van der Waals surface area contributed by atoms with Crippen molar-refractivity contribution in [1.29, 1.82) is 0 Å². The molecule has 0 radical (unpaired) electrons. The van der Waals surface area contributed by atoms with Gasteiger partial charge in [0.1, 0.15) is 6.61 Å². The van der Waals surface area contributed by atoms with E-state index in [1.807, 2.05) is 103 Å². The third-order valence-corrected chi connectivity index (χ3v) is 5.68. The second-order valence-corrected chi connectivity index (χ2v) is 8.46. The van der Waals surface area contributed by atoms with Crippen molar-refractivity contribution < 1.29 is 14.3 Å². The van der Waals surface area contributed by atoms with Gasteiger partial charge in [0.25, 0.3) is 0 Å². The van der Waals surface area contributed by atoms with Gasteiger partial charge in [-0.3, -0.25) is 0 Å². The van der Waals surface area contributed by atoms with Gasteiger partial charge in [-0.1, -0.05) is 119 Å². The monoisotopic (exact) mass is 507 g/mol. The maximum Gasteiger partial charge on any atom is 0.408 e. The van der Waals surface area contributed by atoms with E-state index < -0.39 is 6.09 Å². The Labute approximate surface area is 204 Å². The Bertz CT molecular complexity index is 964. The summed E-state index contributed by atoms with van der Waals surface area (Å²) < 4.78 is 11.8. The standard InChI is InChI=1S/C28H30BrNO3/c29-20-10-17-27(32-21-24-13-6-2-7-14-24)26(19-18-23-11-4-1-5-12-23)30-28(31)33-22-25-15-8-3-9-16-25/h1-9,11-16,18-19,26-27H,10,17,20-22H2,(H,30,31)/b19-18+/t26-,27+/m0/s1. The highest BCUT2D eigenvalue weighted by molar-refractivity contribution is 9.09. The maximum atomic E-state index is 12.7. The molecule has 0 spiro atoms. The van der Waals surface area contributed by atoms with Gasteiger partial charge in [0, 0.05) is 5.33 Å². The molecule has 0 bridgehead atoms. The molecular formula is C28H30BrNO3. The molecule has 172 valence electrons. The topological polar surface area (TPSA) is 47.6 Å². The Balaban J connectivity index is 1.71. The average molecular weight is 508 g/mol. The van der Waals surface area contributed by atoms with E-state index in [-0.39, 0.29) is 18.8 Å². The van der Waals surface area contributed by atoms with Crippen molar-refractivity contribution in [3.05, 3.63) is 114 Å². The van der Waals surface area contributed by atoms with E-state index in [1.165, 1.54) is 0 Å². The molecule has 0 aliphatic carbocycles. The second kappa shape index (κ2) is 14.3. The van der Waals surface area contributed by atoms with Crippen LogP contribution in [0, 0.1) is 0 Å². The van der Waals surface area contributed by atoms with Crippen LogP contribution in [-0.4, -0.2) is 23.6 Å². The SMILES string of the molecule is O=C(N[C@@H](/C=C/c1ccccc1)[C@@H](CCCBr)OCc1ccccc1)OCc1ccccc1. The number of rotatable bonds is 12. The molecule has 0 fully saturated rings. The van der Waals surface area contributed by atoms with Crippen LogP contribution in [0.2, 0.25) is 0 Å². The summed E-state index contributed by atoms with van der Waals surface area (Å²) in [6.45, 7) is 0.697. The van der Waals surface area contributed by atoms with Gasteiger partial charge >= 0.3 is 6.09 Å². The van der Waals surface area contributed by atoms with Crippen molar-refractivity contribution in [2.24, 2.45) is 0 Å². The van der Waals surface area contributed by atoms with E-state index in [4.69, 9.17) is 9.47 Å². The minimum atomic E-state index is -0.464. The van der Waals surface area contributed by atoms with Crippen LogP contribution in [-0.2, 0) is 22.7 Å². The molecule has 0 saturated heterocycles. The van der Waals surface area contributed by atoms with Gasteiger partial charge in [0.2, 0.25) is 0 Å². The van der Waals surface area contributed by atoms with Crippen molar-refractivity contribution in [2.45, 2.75) is 38.2 Å². The highest BCUT2D eigenvalue weighted by Crippen LogP contribution is 2.16. The first-order valence-electron chi connectivity index (χ1n) is 11.2. The predicted octanol–water partition coefficient (Wildman–Crippen LogP) is 6.76. The zero-order valence-corrected chi connectivity index (χ0v) is 20.2. The van der Waals surface area contributed by atoms with Crippen molar-refractivity contribution in [3.8, 4) is 0 Å². The molecule has 5 heteroatoms. The molecule has 33 heavy (non-hydrogen) atoms. The third kappa shape index (κ3) is 9.24. The fraction of sp³-hybridized carbons (Fsp3) is 0.250. The molecule has 1 amide bonds. The lowest BCUT2D eigenvalue weighted by Gasteiger charge is -2.26. The van der Waals surface area contributed by atoms with Gasteiger partial charge in [0.05, 0.1) is 18.8 Å². The lowest BCUT2D eigenvalue weighted by molar-refractivity contribution is 0.0183. The van der Waals surface area contributed by atoms with Gasteiger partial charge < -0.3 is 14.8 Å². The second-order valence-electron chi connectivity index (χ2n) is 7.67. The normalized spacial score (nSPS) is 12.9. The lowest BCUT2D eigenvalue weighted by atomic mass is 10.0. The van der Waals surface area contributed by atoms with Crippen LogP contribution < -0.4 is 5.32 Å². The van der Waals surface area contributed by atoms with Crippen LogP contribution in [0.3, 0.4) is 0 Å². The lowest BCUT2D eigenvalue weighted by Crippen LogP contribution is -2.43. The van der Waals surface area contributed by atoms with E-state index in [9.17, 15) is 4.79 Å². The molecule has 3 aromatic carbocycles. The number of carbonyl (C=O) groups is 1. The van der Waals surface area contributed by atoms with E-state index in [0.717, 1.165) is 34.9 Å². The first-order chi connectivity index (χ1) is 16.2. The highest BCUT2D eigenvalue weighted by atomic mass is 79.9. The van der Waals surface area contributed by atoms with Crippen LogP contribution in [0.4, 0.5) is 4.79 Å². The summed E-state index contributed by atoms with van der Waals surface area (Å²) >= 11 is 3.51. The summed E-state index contributed by atoms with van der Waals surface area (Å²) in [6.07, 6.45) is 5.05. The molecule has 0 aliphatic rings. The van der Waals surface area contributed by atoms with Gasteiger partial charge in [-0.25, -0.2) is 4.79 Å². The minimum Gasteiger partial charge on any atom is -0.445 e. The first-order valence-corrected chi connectivity index (χ1v) is 12.3. The number of alkyl carbamates (subject to hydrolysis) is 1. The van der Waals surface area contributed by atoms with Crippen molar-refractivity contribution in [1.82, 2.24) is 5.32 Å². The minimum absolute atomic E-state index is 0.202. The average Bonchev–Trinajstić information content (AvgIpc) is 2.87. The molecular weight excluding hydrogens is 478 g/mol. The number of amides is 1. The zero-order valence-electron chi connectivity index (χ0n) is 18.6. The molecule has 0 saturated carbocycles. The Hall–Kier alpha value is -2.89. The molecule has 3 aromatic rings. The van der Waals surface area contributed by atoms with Crippen LogP contribution >= 0.6 is 15.9 Å². The van der Waals surface area contributed by atoms with E-state index in [1.54, 1.807) is 0 Å². The van der Waals surface area contributed by atoms with Crippen LogP contribution in [0.5, 0.6) is 0 Å². The summed E-state index contributed by atoms with van der Waals surface area (Å²) in [7, 11) is 0. The Kier molecular flexibility index (Phi) is 10.7. The van der Waals surface area contributed by atoms with E-state index >= 15 is 0 Å². The smallest absolute Gasteiger partial charge is 0.408 e. The van der Waals surface area contributed by atoms with Gasteiger partial charge in [0.15, 0.2) is 0 Å². The summed E-state index contributed by atoms with van der Waals surface area (Å²) in [6, 6.07) is 29.4. The van der Waals surface area contributed by atoms with Crippen LogP contribution in [0.25, 0.3) is 6.08 Å². The summed E-state index contributed by atoms with van der Waals surface area (Å²) in [5, 5.41) is 3.88. The van der Waals surface area contributed by atoms with Crippen molar-refractivity contribution in [3.63, 3.8) is 0 Å². The molecule has 0 aliphatic heterocycles. The highest BCUT2D eigenvalue weighted by Gasteiger charge is 2.22. The molecule has 0 heterocycles. The Morgan fingerprint density at radius 1 is 0.848 bits per heavy atom. The largest absolute Gasteiger partial charge is 0.445 e. The van der Waals surface area contributed by atoms with Crippen LogP contribution in [0.1, 0.15) is 29.5 Å². The molecule has 3 rings (SSSR count). The van der Waals surface area contributed by atoms with Gasteiger partial charge in [-0.05, 0) is 29.5 Å². The number of alkyl halides is 1. The Morgan fingerprint density at radius 3 is 2.03 bits per heavy atom. The number of halogens is 1. The number of benzene rings is 3. The fourth-order valence-electron chi connectivity index (χ4n) is 3.37. The number of ether oxygens (including phenoxy) is 2. The zero-order chi connectivity index (χ0) is 23.1. The summed E-state index contributed by atoms with van der Waals surface area (Å²) in [5.74, 6) is 0. The molecule has 0 unspecified atom stereocenters. The van der Waals surface area contributed by atoms with Crippen molar-refractivity contribution >= 4 is 28.1 Å². The quantitative estimate of drug-likeness (QED) is 0.275. The number of hydrogen-bond donors (Lipinski definition) is 1. The number of carbonyl (C=O) groups excluding carboxylic acids is 1. The maximum absolute atomic E-state index is 12.7. The summed E-state index contributed by atoms with van der Waals surface area (Å²) in [4.78, 5) is 12.7. The predicted molar refractivity (Wildman–Crippen MR) is 137 cm³/mol. The number of nitrogens with one attached hydrogen (secondary N) is 1. The van der Waals surface area contributed by atoms with Crippen LogP contribution in [0.15, 0.2) is 97.1 Å². The molecule has 0 aromatic heterocycles. The molecule has 4 nitrogen and oxygen atoms in total. The van der Waals surface area contributed by atoms with Crippen molar-refractivity contribution in [2.75, 3.05) is 5.33 Å². The third-order valence-electron chi connectivity index (χ3n) is 5.12. The van der Waals surface area contributed by atoms with E-state index in [0.29, 0.717) is 6.61 Å². The van der Waals surface area contributed by atoms with E-state index in [2.05, 4.69) is 21.2 Å². The summed E-state index contributed by atoms with van der Waals surface area (Å²) in [5.41, 5.74) is 3.10. The Morgan fingerprint density at radius 2 is 1.42 bits per heavy atom. The molecule has 2 atom stereocenters. The fourth-order valence-corrected chi connectivity index (χ4v) is 3.69. The first kappa shape index (κ1) is 24.7. The van der Waals surface area contributed by atoms with Gasteiger partial charge in [-0.2, -0.15) is 0 Å². The number of hydrogen-bond acceptors (Lipinski definition) is 3. The van der Waals surface area contributed by atoms with Gasteiger partial charge in [-0.15, -0.1) is 0 Å². The molecule has 1 N–H and O–H groups in total.